The summed E-state index contributed by atoms with van der Waals surface area (Å²) in [4.78, 5) is 25.6. The predicted molar refractivity (Wildman–Crippen MR) is 88.1 cm³/mol. The van der Waals surface area contributed by atoms with Gasteiger partial charge in [0.2, 0.25) is 5.91 Å². The van der Waals surface area contributed by atoms with Crippen molar-refractivity contribution in [3.05, 3.63) is 17.5 Å². The Labute approximate surface area is 144 Å². The third-order valence-corrected chi connectivity index (χ3v) is 8.07. The first-order chi connectivity index (χ1) is 11.3. The zero-order chi connectivity index (χ0) is 17.5. The maximum Gasteiger partial charge on any atom is 0.308 e. The van der Waals surface area contributed by atoms with Gasteiger partial charge in [0, 0.05) is 19.6 Å². The first-order valence-corrected chi connectivity index (χ1v) is 10.2. The zero-order valence-corrected chi connectivity index (χ0v) is 14.9. The average molecular weight is 372 g/mol. The van der Waals surface area contributed by atoms with E-state index in [9.17, 15) is 23.1 Å². The van der Waals surface area contributed by atoms with E-state index in [-0.39, 0.29) is 22.6 Å². The van der Waals surface area contributed by atoms with Crippen LogP contribution in [0.2, 0.25) is 0 Å². The van der Waals surface area contributed by atoms with Crippen molar-refractivity contribution in [3.63, 3.8) is 0 Å². The molecule has 3 atom stereocenters. The second-order valence-corrected chi connectivity index (χ2v) is 9.44. The lowest BCUT2D eigenvalue weighted by atomic mass is 9.99. The van der Waals surface area contributed by atoms with Gasteiger partial charge in [0.15, 0.2) is 0 Å². The fraction of sp³-hybridized carbons (Fsp3) is 0.600. The Kier molecular flexibility index (Phi) is 4.67. The molecule has 9 heteroatoms. The lowest BCUT2D eigenvalue weighted by molar-refractivity contribution is -0.142. The number of amides is 1. The molecular weight excluding hydrogens is 352 g/mol. The molecule has 0 radical (unpaired) electrons. The Bertz CT molecular complexity index is 731. The molecule has 0 aromatic carbocycles. The van der Waals surface area contributed by atoms with Crippen LogP contribution in [0.15, 0.2) is 21.7 Å². The van der Waals surface area contributed by atoms with Gasteiger partial charge in [0.25, 0.3) is 10.0 Å². The van der Waals surface area contributed by atoms with E-state index in [4.69, 9.17) is 0 Å². The monoisotopic (exact) mass is 372 g/mol. The molecule has 2 fully saturated rings. The van der Waals surface area contributed by atoms with Gasteiger partial charge in [-0.05, 0) is 30.2 Å². The Morgan fingerprint density at radius 3 is 2.67 bits per heavy atom. The molecule has 0 spiro atoms. The molecule has 3 rings (SSSR count). The van der Waals surface area contributed by atoms with Crippen molar-refractivity contribution in [3.8, 4) is 0 Å². The van der Waals surface area contributed by atoms with E-state index in [0.29, 0.717) is 25.9 Å². The summed E-state index contributed by atoms with van der Waals surface area (Å²) in [6, 6.07) is 2.49. The molecular formula is C15H20N2O5S2. The van der Waals surface area contributed by atoms with Gasteiger partial charge in [-0.2, -0.15) is 4.31 Å². The number of rotatable bonds is 4. The van der Waals surface area contributed by atoms with E-state index >= 15 is 0 Å². The molecule has 2 aliphatic heterocycles. The van der Waals surface area contributed by atoms with E-state index in [1.54, 1.807) is 18.4 Å². The molecule has 1 N–H and O–H groups in total. The molecule has 1 amide bonds. The van der Waals surface area contributed by atoms with Crippen molar-refractivity contribution < 1.29 is 23.1 Å². The number of nitrogens with zero attached hydrogens (tertiary/aromatic N) is 2. The number of hydrogen-bond donors (Lipinski definition) is 1. The molecule has 0 aliphatic carbocycles. The molecule has 1 aromatic rings. The van der Waals surface area contributed by atoms with Gasteiger partial charge in [-0.15, -0.1) is 11.3 Å². The lowest BCUT2D eigenvalue weighted by Crippen LogP contribution is -2.47. The predicted octanol–water partition coefficient (Wildman–Crippen LogP) is 1.08. The van der Waals surface area contributed by atoms with Gasteiger partial charge in [0.1, 0.15) is 10.3 Å². The molecule has 132 valence electrons. The van der Waals surface area contributed by atoms with Crippen molar-refractivity contribution in [1.29, 1.82) is 0 Å². The van der Waals surface area contributed by atoms with Gasteiger partial charge in [-0.25, -0.2) is 8.42 Å². The molecule has 1 aromatic heterocycles. The SMILES string of the molecule is C[C@@H]1CN(C(=O)C2CCCN2S(=O)(=O)c2cccs2)C[C@H]1C(=O)O. The van der Waals surface area contributed by atoms with Crippen LogP contribution in [0.1, 0.15) is 19.8 Å². The van der Waals surface area contributed by atoms with E-state index in [1.807, 2.05) is 0 Å². The van der Waals surface area contributed by atoms with Gasteiger partial charge in [-0.3, -0.25) is 9.59 Å². The van der Waals surface area contributed by atoms with E-state index < -0.39 is 28.0 Å². The standard InChI is InChI=1S/C15H20N2O5S2/c1-10-8-16(9-11(10)15(19)20)14(18)12-4-2-6-17(12)24(21,22)13-5-3-7-23-13/h3,5,7,10-12H,2,4,6,8-9H2,1H3,(H,19,20)/t10-,11-,12?/m1/s1. The lowest BCUT2D eigenvalue weighted by Gasteiger charge is -2.27. The fourth-order valence-electron chi connectivity index (χ4n) is 3.48. The highest BCUT2D eigenvalue weighted by molar-refractivity contribution is 7.91. The largest absolute Gasteiger partial charge is 0.481 e. The first kappa shape index (κ1) is 17.4. The molecule has 3 heterocycles. The fourth-order valence-corrected chi connectivity index (χ4v) is 6.25. The molecule has 7 nitrogen and oxygen atoms in total. The number of carbonyl (C=O) groups excluding carboxylic acids is 1. The summed E-state index contributed by atoms with van der Waals surface area (Å²) in [7, 11) is -3.67. The van der Waals surface area contributed by atoms with Crippen molar-refractivity contribution >= 4 is 33.2 Å². The molecule has 0 bridgehead atoms. The number of carbonyl (C=O) groups is 2. The second kappa shape index (κ2) is 6.45. The summed E-state index contributed by atoms with van der Waals surface area (Å²) in [6.07, 6.45) is 1.11. The van der Waals surface area contributed by atoms with Crippen molar-refractivity contribution in [2.75, 3.05) is 19.6 Å². The van der Waals surface area contributed by atoms with Crippen LogP contribution in [0.3, 0.4) is 0 Å². The van der Waals surface area contributed by atoms with Crippen LogP contribution < -0.4 is 0 Å². The number of carboxylic acids is 1. The summed E-state index contributed by atoms with van der Waals surface area (Å²) in [5.74, 6) is -1.90. The highest BCUT2D eigenvalue weighted by Gasteiger charge is 2.45. The second-order valence-electron chi connectivity index (χ2n) is 6.37. The Hall–Kier alpha value is -1.45. The average Bonchev–Trinajstić information content (AvgIpc) is 3.26. The summed E-state index contributed by atoms with van der Waals surface area (Å²) in [6.45, 7) is 2.64. The third-order valence-electron chi connectivity index (χ3n) is 4.79. The van der Waals surface area contributed by atoms with Crippen LogP contribution in [0.4, 0.5) is 0 Å². The van der Waals surface area contributed by atoms with E-state index in [1.165, 1.54) is 15.3 Å². The van der Waals surface area contributed by atoms with Crippen LogP contribution in [0.25, 0.3) is 0 Å². The number of aliphatic carboxylic acids is 1. The zero-order valence-electron chi connectivity index (χ0n) is 13.3. The summed E-state index contributed by atoms with van der Waals surface area (Å²) in [5.41, 5.74) is 0. The minimum absolute atomic E-state index is 0.129. The van der Waals surface area contributed by atoms with E-state index in [0.717, 1.165) is 11.3 Å². The van der Waals surface area contributed by atoms with Crippen LogP contribution in [0, 0.1) is 11.8 Å². The highest BCUT2D eigenvalue weighted by atomic mass is 32.2. The number of thiophene rings is 1. The van der Waals surface area contributed by atoms with Crippen LogP contribution in [-0.2, 0) is 19.6 Å². The van der Waals surface area contributed by atoms with Gasteiger partial charge in [-0.1, -0.05) is 13.0 Å². The normalized spacial score (nSPS) is 28.4. The van der Waals surface area contributed by atoms with Crippen LogP contribution in [0.5, 0.6) is 0 Å². The molecule has 2 aliphatic rings. The summed E-state index contributed by atoms with van der Waals surface area (Å²) in [5, 5.41) is 10.9. The summed E-state index contributed by atoms with van der Waals surface area (Å²) < 4.78 is 27.0. The topological polar surface area (TPSA) is 95.0 Å². The first-order valence-electron chi connectivity index (χ1n) is 7.89. The number of carboxylic acid groups (broad SMARTS) is 1. The number of sulfonamides is 1. The van der Waals surface area contributed by atoms with Crippen molar-refractivity contribution in [2.24, 2.45) is 11.8 Å². The third kappa shape index (κ3) is 2.96. The van der Waals surface area contributed by atoms with Gasteiger partial charge in [0.05, 0.1) is 5.92 Å². The Morgan fingerprint density at radius 2 is 2.08 bits per heavy atom. The van der Waals surface area contributed by atoms with Gasteiger partial charge < -0.3 is 10.0 Å². The van der Waals surface area contributed by atoms with Crippen molar-refractivity contribution in [1.82, 2.24) is 9.21 Å². The highest BCUT2D eigenvalue weighted by Crippen LogP contribution is 2.31. The Morgan fingerprint density at radius 1 is 1.33 bits per heavy atom. The molecule has 24 heavy (non-hydrogen) atoms. The minimum Gasteiger partial charge on any atom is -0.481 e. The van der Waals surface area contributed by atoms with Crippen molar-refractivity contribution in [2.45, 2.75) is 30.0 Å². The van der Waals surface area contributed by atoms with Gasteiger partial charge >= 0.3 is 5.97 Å². The summed E-state index contributed by atoms with van der Waals surface area (Å²) >= 11 is 1.14. The van der Waals surface area contributed by atoms with Crippen LogP contribution >= 0.6 is 11.3 Å². The maximum absolute atomic E-state index is 12.8. The van der Waals surface area contributed by atoms with E-state index in [2.05, 4.69) is 0 Å². The molecule has 0 saturated carbocycles. The Balaban J connectivity index is 1.79. The smallest absolute Gasteiger partial charge is 0.308 e. The number of hydrogen-bond acceptors (Lipinski definition) is 5. The quantitative estimate of drug-likeness (QED) is 0.853. The molecule has 1 unspecified atom stereocenters. The number of likely N-dealkylation sites (tertiary alicyclic amines) is 1. The molecule has 2 saturated heterocycles. The van der Waals surface area contributed by atoms with Crippen LogP contribution in [-0.4, -0.2) is 60.3 Å². The maximum atomic E-state index is 12.8. The minimum atomic E-state index is -3.67.